The Morgan fingerprint density at radius 3 is 3.00 bits per heavy atom. The maximum atomic E-state index is 11.0. The highest BCUT2D eigenvalue weighted by atomic mass is 32.2. The first-order valence-electron chi connectivity index (χ1n) is 5.69. The summed E-state index contributed by atoms with van der Waals surface area (Å²) in [6.45, 7) is 4.33. The maximum absolute atomic E-state index is 11.0. The Balaban J connectivity index is 2.22. The normalized spacial score (nSPS) is 10.7. The third-order valence-electron chi connectivity index (χ3n) is 2.11. The molecule has 3 heteroatoms. The third kappa shape index (κ3) is 6.17. The van der Waals surface area contributed by atoms with Gasteiger partial charge in [-0.3, -0.25) is 0 Å². The third-order valence-corrected chi connectivity index (χ3v) is 3.07. The zero-order chi connectivity index (χ0) is 12.5. The molecule has 92 valence electrons. The minimum absolute atomic E-state index is 0.261. The van der Waals surface area contributed by atoms with E-state index < -0.39 is 0 Å². The van der Waals surface area contributed by atoms with Gasteiger partial charge in [-0.15, -0.1) is 0 Å². The second-order valence-corrected chi connectivity index (χ2v) is 4.69. The standard InChI is InChI=1S/C14H18O2S/c1-3-16-14(15)8-5-9-17-11-13-7-4-6-12(2)10-13/h4-8,10H,3,9,11H2,1-2H3/b8-5+. The summed E-state index contributed by atoms with van der Waals surface area (Å²) in [7, 11) is 0. The fraction of sp³-hybridized carbons (Fsp3) is 0.357. The highest BCUT2D eigenvalue weighted by molar-refractivity contribution is 7.98. The van der Waals surface area contributed by atoms with Crippen LogP contribution in [0.3, 0.4) is 0 Å². The molecule has 0 spiro atoms. The van der Waals surface area contributed by atoms with E-state index >= 15 is 0 Å². The van der Waals surface area contributed by atoms with E-state index in [0.717, 1.165) is 11.5 Å². The van der Waals surface area contributed by atoms with Gasteiger partial charge in [-0.05, 0) is 19.4 Å². The average molecular weight is 250 g/mol. The Morgan fingerprint density at radius 1 is 1.47 bits per heavy atom. The number of carbonyl (C=O) groups is 1. The summed E-state index contributed by atoms with van der Waals surface area (Å²) in [5.74, 6) is 1.53. The molecule has 0 atom stereocenters. The first-order chi connectivity index (χ1) is 8.22. The van der Waals surface area contributed by atoms with Gasteiger partial charge >= 0.3 is 5.97 Å². The Labute approximate surface area is 107 Å². The van der Waals surface area contributed by atoms with Crippen molar-refractivity contribution in [2.24, 2.45) is 0 Å². The van der Waals surface area contributed by atoms with Gasteiger partial charge < -0.3 is 4.74 Å². The van der Waals surface area contributed by atoms with E-state index in [0.29, 0.717) is 6.61 Å². The summed E-state index contributed by atoms with van der Waals surface area (Å²) in [6, 6.07) is 8.46. The lowest BCUT2D eigenvalue weighted by Crippen LogP contribution is -1.98. The van der Waals surface area contributed by atoms with Gasteiger partial charge in [0.2, 0.25) is 0 Å². The number of carbonyl (C=O) groups excluding carboxylic acids is 1. The minimum Gasteiger partial charge on any atom is -0.463 e. The molecule has 0 N–H and O–H groups in total. The van der Waals surface area contributed by atoms with Crippen molar-refractivity contribution in [1.82, 2.24) is 0 Å². The van der Waals surface area contributed by atoms with Gasteiger partial charge in [-0.25, -0.2) is 4.79 Å². The predicted octanol–water partition coefficient (Wildman–Crippen LogP) is 3.35. The molecular formula is C14H18O2S. The molecule has 0 saturated carbocycles. The van der Waals surface area contributed by atoms with Crippen LogP contribution in [-0.2, 0) is 15.3 Å². The van der Waals surface area contributed by atoms with Gasteiger partial charge in [0.05, 0.1) is 6.61 Å². The van der Waals surface area contributed by atoms with Crippen LogP contribution in [0.5, 0.6) is 0 Å². The van der Waals surface area contributed by atoms with Gasteiger partial charge in [0.1, 0.15) is 0 Å². The van der Waals surface area contributed by atoms with Crippen molar-refractivity contribution < 1.29 is 9.53 Å². The van der Waals surface area contributed by atoms with E-state index in [-0.39, 0.29) is 5.97 Å². The number of hydrogen-bond donors (Lipinski definition) is 0. The highest BCUT2D eigenvalue weighted by Gasteiger charge is 1.94. The minimum atomic E-state index is -0.261. The summed E-state index contributed by atoms with van der Waals surface area (Å²) >= 11 is 1.78. The van der Waals surface area contributed by atoms with Gasteiger partial charge in [0.15, 0.2) is 0 Å². The molecule has 0 bridgehead atoms. The zero-order valence-corrected chi connectivity index (χ0v) is 11.1. The second kappa shape index (κ2) is 7.96. The van der Waals surface area contributed by atoms with E-state index in [9.17, 15) is 4.79 Å². The van der Waals surface area contributed by atoms with Crippen LogP contribution in [0.1, 0.15) is 18.1 Å². The van der Waals surface area contributed by atoms with Crippen LogP contribution in [0.2, 0.25) is 0 Å². The molecule has 1 aromatic rings. The molecule has 0 aromatic heterocycles. The quantitative estimate of drug-likeness (QED) is 0.440. The molecule has 0 aliphatic carbocycles. The lowest BCUT2D eigenvalue weighted by molar-refractivity contribution is -0.137. The van der Waals surface area contributed by atoms with Gasteiger partial charge in [0.25, 0.3) is 0 Å². The Bertz CT molecular complexity index is 386. The topological polar surface area (TPSA) is 26.3 Å². The van der Waals surface area contributed by atoms with E-state index in [4.69, 9.17) is 4.74 Å². The number of hydrogen-bond acceptors (Lipinski definition) is 3. The molecule has 17 heavy (non-hydrogen) atoms. The van der Waals surface area contributed by atoms with Crippen molar-refractivity contribution in [1.29, 1.82) is 0 Å². The molecule has 0 fully saturated rings. The second-order valence-electron chi connectivity index (χ2n) is 3.66. The molecule has 0 amide bonds. The van der Waals surface area contributed by atoms with Crippen LogP contribution in [0.25, 0.3) is 0 Å². The molecule has 0 heterocycles. The predicted molar refractivity (Wildman–Crippen MR) is 73.1 cm³/mol. The van der Waals surface area contributed by atoms with E-state index in [2.05, 4.69) is 31.2 Å². The monoisotopic (exact) mass is 250 g/mol. The molecule has 0 aliphatic heterocycles. The van der Waals surface area contributed by atoms with Crippen LogP contribution in [0.15, 0.2) is 36.4 Å². The highest BCUT2D eigenvalue weighted by Crippen LogP contribution is 2.13. The van der Waals surface area contributed by atoms with Crippen molar-refractivity contribution in [3.8, 4) is 0 Å². The van der Waals surface area contributed by atoms with Crippen molar-refractivity contribution in [2.75, 3.05) is 12.4 Å². The van der Waals surface area contributed by atoms with Crippen LogP contribution in [-0.4, -0.2) is 18.3 Å². The molecule has 0 unspecified atom stereocenters. The fourth-order valence-electron chi connectivity index (χ4n) is 1.38. The van der Waals surface area contributed by atoms with Crippen LogP contribution < -0.4 is 0 Å². The number of thioether (sulfide) groups is 1. The number of benzene rings is 1. The fourth-order valence-corrected chi connectivity index (χ4v) is 2.15. The molecule has 0 radical (unpaired) electrons. The van der Waals surface area contributed by atoms with Crippen molar-refractivity contribution in [3.63, 3.8) is 0 Å². The molecule has 2 nitrogen and oxygen atoms in total. The zero-order valence-electron chi connectivity index (χ0n) is 10.3. The Kier molecular flexibility index (Phi) is 6.48. The van der Waals surface area contributed by atoms with Gasteiger partial charge in [0, 0.05) is 17.6 Å². The first kappa shape index (κ1) is 13.8. The van der Waals surface area contributed by atoms with E-state index in [1.165, 1.54) is 17.2 Å². The number of aryl methyl sites for hydroxylation is 1. The lowest BCUT2D eigenvalue weighted by atomic mass is 10.2. The van der Waals surface area contributed by atoms with Crippen LogP contribution in [0.4, 0.5) is 0 Å². The molecule has 0 aliphatic rings. The average Bonchev–Trinajstić information content (AvgIpc) is 2.29. The van der Waals surface area contributed by atoms with Crippen molar-refractivity contribution >= 4 is 17.7 Å². The SMILES string of the molecule is CCOC(=O)/C=C/CSCc1cccc(C)c1. The van der Waals surface area contributed by atoms with Gasteiger partial charge in [-0.2, -0.15) is 11.8 Å². The lowest BCUT2D eigenvalue weighted by Gasteiger charge is -2.00. The Morgan fingerprint density at radius 2 is 2.29 bits per heavy atom. The summed E-state index contributed by atoms with van der Waals surface area (Å²) in [5.41, 5.74) is 2.60. The summed E-state index contributed by atoms with van der Waals surface area (Å²) < 4.78 is 4.79. The largest absolute Gasteiger partial charge is 0.463 e. The van der Waals surface area contributed by atoms with Gasteiger partial charge in [-0.1, -0.05) is 35.9 Å². The Hall–Kier alpha value is -1.22. The molecule has 1 rings (SSSR count). The maximum Gasteiger partial charge on any atom is 0.330 e. The number of esters is 1. The van der Waals surface area contributed by atoms with Crippen LogP contribution in [0, 0.1) is 6.92 Å². The van der Waals surface area contributed by atoms with E-state index in [1.54, 1.807) is 18.7 Å². The molecule has 0 saturated heterocycles. The van der Waals surface area contributed by atoms with Crippen molar-refractivity contribution in [2.45, 2.75) is 19.6 Å². The van der Waals surface area contributed by atoms with E-state index in [1.807, 2.05) is 6.08 Å². The summed E-state index contributed by atoms with van der Waals surface area (Å²) in [4.78, 5) is 11.0. The summed E-state index contributed by atoms with van der Waals surface area (Å²) in [6.07, 6.45) is 3.34. The van der Waals surface area contributed by atoms with Crippen molar-refractivity contribution in [3.05, 3.63) is 47.5 Å². The first-order valence-corrected chi connectivity index (χ1v) is 6.84. The summed E-state index contributed by atoms with van der Waals surface area (Å²) in [5, 5.41) is 0. The van der Waals surface area contributed by atoms with Crippen LogP contribution >= 0.6 is 11.8 Å². The molecule has 1 aromatic carbocycles. The number of ether oxygens (including phenoxy) is 1. The number of rotatable bonds is 6. The smallest absolute Gasteiger partial charge is 0.330 e. The molecular weight excluding hydrogens is 232 g/mol.